The molecule has 174 valence electrons. The zero-order valence-electron chi connectivity index (χ0n) is 18.7. The fraction of sp³-hybridized carbons (Fsp3) is 0.308. The van der Waals surface area contributed by atoms with E-state index in [0.29, 0.717) is 23.6 Å². The number of hydrogen-bond donors (Lipinski definition) is 0. The molecule has 0 aliphatic rings. The summed E-state index contributed by atoms with van der Waals surface area (Å²) in [5, 5.41) is 0. The highest BCUT2D eigenvalue weighted by Crippen LogP contribution is 2.31. The molecule has 2 aromatic carbocycles. The van der Waals surface area contributed by atoms with Crippen LogP contribution >= 0.6 is 0 Å². The first-order chi connectivity index (χ1) is 15.8. The second-order valence-corrected chi connectivity index (χ2v) is 7.81. The summed E-state index contributed by atoms with van der Waals surface area (Å²) in [5.74, 6) is 1.44. The van der Waals surface area contributed by atoms with Gasteiger partial charge in [0.25, 0.3) is 0 Å². The first-order valence-corrected chi connectivity index (χ1v) is 10.9. The van der Waals surface area contributed by atoms with E-state index in [0.717, 1.165) is 54.8 Å². The van der Waals surface area contributed by atoms with E-state index in [-0.39, 0.29) is 6.61 Å². The van der Waals surface area contributed by atoms with Crippen LogP contribution in [0.25, 0.3) is 11.3 Å². The third-order valence-electron chi connectivity index (χ3n) is 5.27. The van der Waals surface area contributed by atoms with Gasteiger partial charge in [0, 0.05) is 18.7 Å². The number of aldehydes is 1. The normalized spacial score (nSPS) is 11.3. The summed E-state index contributed by atoms with van der Waals surface area (Å²) >= 11 is 0. The quantitative estimate of drug-likeness (QED) is 0.328. The van der Waals surface area contributed by atoms with E-state index in [4.69, 9.17) is 9.72 Å². The molecule has 1 aromatic heterocycles. The van der Waals surface area contributed by atoms with E-state index in [1.165, 1.54) is 12.1 Å². The van der Waals surface area contributed by atoms with Crippen molar-refractivity contribution in [2.75, 3.05) is 18.1 Å². The van der Waals surface area contributed by atoms with Gasteiger partial charge < -0.3 is 9.64 Å². The fourth-order valence-electron chi connectivity index (χ4n) is 3.53. The van der Waals surface area contributed by atoms with Crippen molar-refractivity contribution in [1.29, 1.82) is 0 Å². The number of benzene rings is 2. The Balaban J connectivity index is 1.84. The maximum Gasteiger partial charge on any atom is 0.416 e. The number of pyridine rings is 1. The largest absolute Gasteiger partial charge is 0.486 e. The van der Waals surface area contributed by atoms with Crippen molar-refractivity contribution < 1.29 is 22.7 Å². The number of aromatic nitrogens is 1. The minimum atomic E-state index is -4.36. The van der Waals surface area contributed by atoms with E-state index < -0.39 is 11.7 Å². The summed E-state index contributed by atoms with van der Waals surface area (Å²) < 4.78 is 44.1. The highest BCUT2D eigenvalue weighted by atomic mass is 19.4. The SMILES string of the molecule is CCCCN(Cc1ccc(OCC=O)c(C)c1)c1cccc(-c2ccc(C(F)(F)F)cc2)n1. The van der Waals surface area contributed by atoms with Gasteiger partial charge in [0.15, 0.2) is 6.29 Å². The van der Waals surface area contributed by atoms with Crippen LogP contribution in [-0.4, -0.2) is 24.4 Å². The van der Waals surface area contributed by atoms with Crippen LogP contribution in [0.2, 0.25) is 0 Å². The van der Waals surface area contributed by atoms with E-state index in [2.05, 4.69) is 11.8 Å². The molecule has 0 aliphatic carbocycles. The topological polar surface area (TPSA) is 42.4 Å². The third-order valence-corrected chi connectivity index (χ3v) is 5.27. The lowest BCUT2D eigenvalue weighted by Gasteiger charge is -2.25. The van der Waals surface area contributed by atoms with E-state index >= 15 is 0 Å². The summed E-state index contributed by atoms with van der Waals surface area (Å²) in [7, 11) is 0. The van der Waals surface area contributed by atoms with Crippen LogP contribution in [0, 0.1) is 6.92 Å². The van der Waals surface area contributed by atoms with Crippen molar-refractivity contribution in [3.05, 3.63) is 77.4 Å². The van der Waals surface area contributed by atoms with Gasteiger partial charge in [-0.3, -0.25) is 4.79 Å². The molecule has 0 aliphatic heterocycles. The highest BCUT2D eigenvalue weighted by Gasteiger charge is 2.30. The molecule has 4 nitrogen and oxygen atoms in total. The van der Waals surface area contributed by atoms with Crippen LogP contribution in [0.3, 0.4) is 0 Å². The number of ether oxygens (including phenoxy) is 1. The molecular formula is C26H27F3N2O2. The number of hydrogen-bond acceptors (Lipinski definition) is 4. The van der Waals surface area contributed by atoms with Crippen molar-refractivity contribution >= 4 is 12.1 Å². The Morgan fingerprint density at radius 2 is 1.82 bits per heavy atom. The van der Waals surface area contributed by atoms with Gasteiger partial charge in [-0.25, -0.2) is 4.98 Å². The minimum absolute atomic E-state index is 0.0173. The Kier molecular flexibility index (Phi) is 8.09. The van der Waals surface area contributed by atoms with Gasteiger partial charge in [0.1, 0.15) is 18.2 Å². The van der Waals surface area contributed by atoms with Crippen LogP contribution in [0.1, 0.15) is 36.5 Å². The van der Waals surface area contributed by atoms with Gasteiger partial charge in [0.05, 0.1) is 11.3 Å². The van der Waals surface area contributed by atoms with Crippen LogP contribution < -0.4 is 9.64 Å². The van der Waals surface area contributed by atoms with Crippen LogP contribution in [0.5, 0.6) is 5.75 Å². The lowest BCUT2D eigenvalue weighted by Crippen LogP contribution is -2.25. The Morgan fingerprint density at radius 1 is 1.06 bits per heavy atom. The Hall–Kier alpha value is -3.35. The predicted molar refractivity (Wildman–Crippen MR) is 123 cm³/mol. The van der Waals surface area contributed by atoms with E-state index in [1.807, 2.05) is 37.3 Å². The second-order valence-electron chi connectivity index (χ2n) is 7.81. The summed E-state index contributed by atoms with van der Waals surface area (Å²) in [6.07, 6.45) is -1.65. The maximum absolute atomic E-state index is 12.9. The molecule has 0 unspecified atom stereocenters. The summed E-state index contributed by atoms with van der Waals surface area (Å²) in [5.41, 5.74) is 2.59. The van der Waals surface area contributed by atoms with E-state index in [1.54, 1.807) is 6.07 Å². The van der Waals surface area contributed by atoms with Gasteiger partial charge >= 0.3 is 6.18 Å². The lowest BCUT2D eigenvalue weighted by molar-refractivity contribution is -0.137. The molecule has 0 bridgehead atoms. The van der Waals surface area contributed by atoms with Gasteiger partial charge in [-0.15, -0.1) is 0 Å². The molecule has 0 fully saturated rings. The van der Waals surface area contributed by atoms with E-state index in [9.17, 15) is 18.0 Å². The molecule has 0 atom stereocenters. The molecule has 3 rings (SSSR count). The lowest BCUT2D eigenvalue weighted by atomic mass is 10.1. The van der Waals surface area contributed by atoms with Gasteiger partial charge in [-0.1, -0.05) is 43.7 Å². The number of unbranched alkanes of at least 4 members (excludes halogenated alkanes) is 1. The molecule has 0 amide bonds. The first-order valence-electron chi connectivity index (χ1n) is 10.9. The van der Waals surface area contributed by atoms with Gasteiger partial charge in [-0.2, -0.15) is 13.2 Å². The van der Waals surface area contributed by atoms with Crippen LogP contribution in [0.15, 0.2) is 60.7 Å². The molecule has 7 heteroatoms. The third kappa shape index (κ3) is 6.57. The molecule has 0 saturated heterocycles. The number of nitrogens with zero attached hydrogens (tertiary/aromatic N) is 2. The second kappa shape index (κ2) is 11.0. The number of carbonyl (C=O) groups is 1. The first kappa shape index (κ1) is 24.3. The molecular weight excluding hydrogens is 429 g/mol. The molecule has 1 heterocycles. The molecule has 33 heavy (non-hydrogen) atoms. The van der Waals surface area contributed by atoms with Crippen LogP contribution in [0.4, 0.5) is 19.0 Å². The maximum atomic E-state index is 12.9. The van der Waals surface area contributed by atoms with Crippen molar-refractivity contribution in [2.24, 2.45) is 0 Å². The van der Waals surface area contributed by atoms with Crippen LogP contribution in [-0.2, 0) is 17.5 Å². The number of anilines is 1. The Bertz CT molecular complexity index is 1070. The van der Waals surface area contributed by atoms with Crippen molar-refractivity contribution in [1.82, 2.24) is 4.98 Å². The number of carbonyl (C=O) groups excluding carboxylic acids is 1. The smallest absolute Gasteiger partial charge is 0.416 e. The zero-order valence-corrected chi connectivity index (χ0v) is 18.7. The fourth-order valence-corrected chi connectivity index (χ4v) is 3.53. The average molecular weight is 457 g/mol. The summed E-state index contributed by atoms with van der Waals surface area (Å²) in [6, 6.07) is 16.5. The molecule has 3 aromatic rings. The molecule has 0 N–H and O–H groups in total. The highest BCUT2D eigenvalue weighted by molar-refractivity contribution is 5.62. The number of aryl methyl sites for hydroxylation is 1. The monoisotopic (exact) mass is 456 g/mol. The van der Waals surface area contributed by atoms with Crippen molar-refractivity contribution in [2.45, 2.75) is 39.4 Å². The van der Waals surface area contributed by atoms with Gasteiger partial charge in [0.2, 0.25) is 0 Å². The average Bonchev–Trinajstić information content (AvgIpc) is 2.81. The summed E-state index contributed by atoms with van der Waals surface area (Å²) in [6.45, 7) is 5.49. The number of alkyl halides is 3. The number of halogens is 3. The Labute approximate surface area is 192 Å². The number of rotatable bonds is 10. The standard InChI is InChI=1S/C26H27F3N2O2/c1-3-4-14-31(18-20-8-13-24(19(2)17-20)33-16-15-32)25-7-5-6-23(30-25)21-9-11-22(12-10-21)26(27,28)29/h5-13,15,17H,3-4,14,16,18H2,1-2H3. The molecule has 0 saturated carbocycles. The zero-order chi connectivity index (χ0) is 23.8. The summed E-state index contributed by atoms with van der Waals surface area (Å²) in [4.78, 5) is 17.5. The minimum Gasteiger partial charge on any atom is -0.486 e. The molecule has 0 radical (unpaired) electrons. The molecule has 0 spiro atoms. The van der Waals surface area contributed by atoms with Crippen molar-refractivity contribution in [3.63, 3.8) is 0 Å². The Morgan fingerprint density at radius 3 is 2.45 bits per heavy atom. The van der Waals surface area contributed by atoms with Crippen molar-refractivity contribution in [3.8, 4) is 17.0 Å². The predicted octanol–water partition coefficient (Wildman–Crippen LogP) is 6.46. The van der Waals surface area contributed by atoms with Gasteiger partial charge in [-0.05, 0) is 54.8 Å².